The standard InChI is InChI=1S/C14H28N2O2S/c1-11-4-3-5-13(8-11)10-16-19(17,18)12(2)9-15-14-6-7-14/h11-16H,3-10H2,1-2H3. The van der Waals surface area contributed by atoms with E-state index >= 15 is 0 Å². The summed E-state index contributed by atoms with van der Waals surface area (Å²) in [6, 6.07) is 0.567. The smallest absolute Gasteiger partial charge is 0.215 e. The van der Waals surface area contributed by atoms with E-state index < -0.39 is 10.0 Å². The van der Waals surface area contributed by atoms with Gasteiger partial charge in [-0.15, -0.1) is 0 Å². The number of nitrogens with one attached hydrogen (secondary N) is 2. The Labute approximate surface area is 117 Å². The van der Waals surface area contributed by atoms with Crippen molar-refractivity contribution in [2.75, 3.05) is 13.1 Å². The van der Waals surface area contributed by atoms with Gasteiger partial charge in [-0.05, 0) is 44.4 Å². The lowest BCUT2D eigenvalue weighted by molar-refractivity contribution is 0.283. The second-order valence-corrected chi connectivity index (χ2v) is 8.71. The molecule has 0 amide bonds. The van der Waals surface area contributed by atoms with Crippen molar-refractivity contribution in [1.29, 1.82) is 0 Å². The van der Waals surface area contributed by atoms with Crippen LogP contribution >= 0.6 is 0 Å². The van der Waals surface area contributed by atoms with Gasteiger partial charge in [0.1, 0.15) is 0 Å². The highest BCUT2D eigenvalue weighted by molar-refractivity contribution is 7.90. The van der Waals surface area contributed by atoms with Gasteiger partial charge in [0.15, 0.2) is 0 Å². The quantitative estimate of drug-likeness (QED) is 0.752. The number of sulfonamides is 1. The van der Waals surface area contributed by atoms with Crippen LogP contribution in [0.5, 0.6) is 0 Å². The maximum Gasteiger partial charge on any atom is 0.215 e. The van der Waals surface area contributed by atoms with Gasteiger partial charge in [-0.2, -0.15) is 0 Å². The van der Waals surface area contributed by atoms with Gasteiger partial charge in [0.05, 0.1) is 5.25 Å². The van der Waals surface area contributed by atoms with E-state index in [-0.39, 0.29) is 5.25 Å². The van der Waals surface area contributed by atoms with Crippen LogP contribution in [-0.4, -0.2) is 32.8 Å². The molecule has 5 heteroatoms. The van der Waals surface area contributed by atoms with Crippen molar-refractivity contribution in [3.05, 3.63) is 0 Å². The van der Waals surface area contributed by atoms with E-state index in [0.29, 0.717) is 25.0 Å². The molecular weight excluding hydrogens is 260 g/mol. The van der Waals surface area contributed by atoms with Crippen LogP contribution in [0.3, 0.4) is 0 Å². The van der Waals surface area contributed by atoms with E-state index in [9.17, 15) is 8.42 Å². The monoisotopic (exact) mass is 288 g/mol. The molecule has 2 saturated carbocycles. The summed E-state index contributed by atoms with van der Waals surface area (Å²) in [5.41, 5.74) is 0. The van der Waals surface area contributed by atoms with Crippen molar-refractivity contribution in [3.63, 3.8) is 0 Å². The van der Waals surface area contributed by atoms with Gasteiger partial charge in [-0.1, -0.05) is 19.8 Å². The SMILES string of the molecule is CC1CCCC(CNS(=O)(=O)C(C)CNC2CC2)C1. The highest BCUT2D eigenvalue weighted by atomic mass is 32.2. The molecule has 0 saturated heterocycles. The minimum atomic E-state index is -3.16. The molecule has 2 rings (SSSR count). The van der Waals surface area contributed by atoms with Crippen LogP contribution in [0.1, 0.15) is 52.4 Å². The normalized spacial score (nSPS) is 30.2. The predicted molar refractivity (Wildman–Crippen MR) is 78.5 cm³/mol. The molecular formula is C14H28N2O2S. The van der Waals surface area contributed by atoms with Crippen LogP contribution in [0.2, 0.25) is 0 Å². The van der Waals surface area contributed by atoms with Crippen LogP contribution in [0.25, 0.3) is 0 Å². The minimum absolute atomic E-state index is 0.339. The summed E-state index contributed by atoms with van der Waals surface area (Å²) in [4.78, 5) is 0. The summed E-state index contributed by atoms with van der Waals surface area (Å²) in [6.07, 6.45) is 7.26. The van der Waals surface area contributed by atoms with E-state index in [0.717, 1.165) is 12.3 Å². The molecule has 0 aromatic carbocycles. The van der Waals surface area contributed by atoms with Crippen molar-refractivity contribution in [1.82, 2.24) is 10.0 Å². The molecule has 2 aliphatic carbocycles. The van der Waals surface area contributed by atoms with Gasteiger partial charge in [-0.25, -0.2) is 13.1 Å². The zero-order valence-corrected chi connectivity index (χ0v) is 13.0. The molecule has 19 heavy (non-hydrogen) atoms. The summed E-state index contributed by atoms with van der Waals surface area (Å²) in [7, 11) is -3.16. The first kappa shape index (κ1) is 15.3. The molecule has 2 N–H and O–H groups in total. The number of hydrogen-bond acceptors (Lipinski definition) is 3. The molecule has 2 aliphatic rings. The molecule has 0 heterocycles. The van der Waals surface area contributed by atoms with E-state index in [1.165, 1.54) is 32.1 Å². The molecule has 4 nitrogen and oxygen atoms in total. The Bertz CT molecular complexity index is 379. The van der Waals surface area contributed by atoms with Gasteiger partial charge in [0, 0.05) is 19.1 Å². The molecule has 0 aromatic rings. The minimum Gasteiger partial charge on any atom is -0.313 e. The van der Waals surface area contributed by atoms with Gasteiger partial charge in [0.2, 0.25) is 10.0 Å². The fraction of sp³-hybridized carbons (Fsp3) is 1.00. The molecule has 2 fully saturated rings. The Hall–Kier alpha value is -0.130. The summed E-state index contributed by atoms with van der Waals surface area (Å²) in [5, 5.41) is 2.95. The van der Waals surface area contributed by atoms with Crippen molar-refractivity contribution >= 4 is 10.0 Å². The highest BCUT2D eigenvalue weighted by Gasteiger charge is 2.27. The summed E-state index contributed by atoms with van der Waals surface area (Å²) in [5.74, 6) is 1.28. The Morgan fingerprint density at radius 1 is 1.21 bits per heavy atom. The maximum absolute atomic E-state index is 12.1. The molecule has 0 aromatic heterocycles. The van der Waals surface area contributed by atoms with Gasteiger partial charge < -0.3 is 5.32 Å². The molecule has 3 atom stereocenters. The summed E-state index contributed by atoms with van der Waals surface area (Å²) >= 11 is 0. The van der Waals surface area contributed by atoms with Crippen LogP contribution in [0.4, 0.5) is 0 Å². The predicted octanol–water partition coefficient (Wildman–Crippen LogP) is 1.87. The van der Waals surface area contributed by atoms with Crippen LogP contribution < -0.4 is 10.0 Å². The second-order valence-electron chi connectivity index (χ2n) is 6.52. The van der Waals surface area contributed by atoms with Crippen LogP contribution in [-0.2, 0) is 10.0 Å². The Morgan fingerprint density at radius 3 is 2.58 bits per heavy atom. The lowest BCUT2D eigenvalue weighted by atomic mass is 9.83. The third-order valence-electron chi connectivity index (χ3n) is 4.42. The topological polar surface area (TPSA) is 58.2 Å². The molecule has 0 bridgehead atoms. The Morgan fingerprint density at radius 2 is 1.95 bits per heavy atom. The third kappa shape index (κ3) is 5.04. The van der Waals surface area contributed by atoms with E-state index in [2.05, 4.69) is 17.0 Å². The van der Waals surface area contributed by atoms with Gasteiger partial charge in [0.25, 0.3) is 0 Å². The molecule has 0 aliphatic heterocycles. The molecule has 0 spiro atoms. The van der Waals surface area contributed by atoms with Crippen molar-refractivity contribution < 1.29 is 8.42 Å². The zero-order valence-electron chi connectivity index (χ0n) is 12.2. The summed E-state index contributed by atoms with van der Waals surface area (Å²) < 4.78 is 27.1. The lowest BCUT2D eigenvalue weighted by Gasteiger charge is -2.27. The Kier molecular flexibility index (Phi) is 5.26. The first-order valence-electron chi connectivity index (χ1n) is 7.69. The van der Waals surface area contributed by atoms with Crippen molar-refractivity contribution in [2.45, 2.75) is 63.7 Å². The largest absolute Gasteiger partial charge is 0.313 e. The van der Waals surface area contributed by atoms with Crippen molar-refractivity contribution in [3.8, 4) is 0 Å². The van der Waals surface area contributed by atoms with E-state index in [1.807, 2.05) is 0 Å². The fourth-order valence-electron chi connectivity index (χ4n) is 2.85. The first-order valence-corrected chi connectivity index (χ1v) is 9.24. The van der Waals surface area contributed by atoms with Crippen molar-refractivity contribution in [2.24, 2.45) is 11.8 Å². The van der Waals surface area contributed by atoms with E-state index in [4.69, 9.17) is 0 Å². The number of hydrogen-bond donors (Lipinski definition) is 2. The van der Waals surface area contributed by atoms with Crippen LogP contribution in [0.15, 0.2) is 0 Å². The summed E-state index contributed by atoms with van der Waals surface area (Å²) in [6.45, 7) is 5.26. The zero-order chi connectivity index (χ0) is 13.9. The second kappa shape index (κ2) is 6.55. The van der Waals surface area contributed by atoms with Gasteiger partial charge >= 0.3 is 0 Å². The molecule has 0 radical (unpaired) electrons. The molecule has 3 unspecified atom stereocenters. The van der Waals surface area contributed by atoms with E-state index in [1.54, 1.807) is 6.92 Å². The number of rotatable bonds is 7. The van der Waals surface area contributed by atoms with Crippen LogP contribution in [0, 0.1) is 11.8 Å². The Balaban J connectivity index is 1.72. The van der Waals surface area contributed by atoms with Gasteiger partial charge in [-0.3, -0.25) is 0 Å². The average Bonchev–Trinajstić information content (AvgIpc) is 3.18. The first-order chi connectivity index (χ1) is 8.97. The lowest BCUT2D eigenvalue weighted by Crippen LogP contribution is -2.41. The third-order valence-corrected chi connectivity index (χ3v) is 6.21. The maximum atomic E-state index is 12.1. The highest BCUT2D eigenvalue weighted by Crippen LogP contribution is 2.28. The average molecular weight is 288 g/mol. The molecule has 112 valence electrons. The fourth-order valence-corrected chi connectivity index (χ4v) is 3.92.